The van der Waals surface area contributed by atoms with Gasteiger partial charge in [0.05, 0.1) is 7.11 Å². The van der Waals surface area contributed by atoms with Gasteiger partial charge in [-0.25, -0.2) is 0 Å². The zero-order chi connectivity index (χ0) is 13.5. The van der Waals surface area contributed by atoms with Crippen molar-refractivity contribution in [3.05, 3.63) is 60.2 Å². The molecule has 0 heterocycles. The van der Waals surface area contributed by atoms with E-state index in [0.717, 1.165) is 18.7 Å². The Kier molecular flexibility index (Phi) is 4.85. The summed E-state index contributed by atoms with van der Waals surface area (Å²) in [6.45, 7) is 3.20. The van der Waals surface area contributed by atoms with Crippen LogP contribution in [0.2, 0.25) is 0 Å². The Hall–Kier alpha value is -1.96. The van der Waals surface area contributed by atoms with Crippen LogP contribution >= 0.6 is 0 Å². The van der Waals surface area contributed by atoms with Gasteiger partial charge in [-0.05, 0) is 36.1 Å². The first-order chi connectivity index (χ1) is 9.31. The van der Waals surface area contributed by atoms with Crippen LogP contribution in [-0.2, 0) is 0 Å². The topological polar surface area (TPSA) is 21.3 Å². The van der Waals surface area contributed by atoms with Crippen molar-refractivity contribution < 1.29 is 4.74 Å². The average Bonchev–Trinajstić information content (AvgIpc) is 2.48. The van der Waals surface area contributed by atoms with Crippen molar-refractivity contribution in [1.29, 1.82) is 0 Å². The molecule has 0 fully saturated rings. The fraction of sp³-hybridized carbons (Fsp3) is 0.294. The molecule has 0 spiro atoms. The monoisotopic (exact) mass is 255 g/mol. The molecule has 2 aromatic rings. The van der Waals surface area contributed by atoms with Crippen molar-refractivity contribution in [2.24, 2.45) is 0 Å². The first kappa shape index (κ1) is 13.5. The largest absolute Gasteiger partial charge is 0.496 e. The van der Waals surface area contributed by atoms with Crippen molar-refractivity contribution in [2.75, 3.05) is 19.0 Å². The molecule has 0 radical (unpaired) electrons. The normalized spacial score (nSPS) is 11.9. The highest BCUT2D eigenvalue weighted by Crippen LogP contribution is 2.28. The molecule has 0 aromatic heterocycles. The van der Waals surface area contributed by atoms with Gasteiger partial charge in [0, 0.05) is 12.2 Å². The van der Waals surface area contributed by atoms with Crippen molar-refractivity contribution in [2.45, 2.75) is 19.3 Å². The van der Waals surface area contributed by atoms with E-state index in [4.69, 9.17) is 4.74 Å². The second kappa shape index (κ2) is 6.83. The van der Waals surface area contributed by atoms with Gasteiger partial charge in [0.15, 0.2) is 0 Å². The van der Waals surface area contributed by atoms with Crippen molar-refractivity contribution >= 4 is 5.69 Å². The van der Waals surface area contributed by atoms with Crippen molar-refractivity contribution in [1.82, 2.24) is 0 Å². The van der Waals surface area contributed by atoms with Crippen LogP contribution in [0.25, 0.3) is 0 Å². The summed E-state index contributed by atoms with van der Waals surface area (Å²) in [6, 6.07) is 18.6. The summed E-state index contributed by atoms with van der Waals surface area (Å²) in [5.41, 5.74) is 2.45. The predicted molar refractivity (Wildman–Crippen MR) is 81.0 cm³/mol. The van der Waals surface area contributed by atoms with E-state index in [1.54, 1.807) is 7.11 Å². The van der Waals surface area contributed by atoms with Crippen LogP contribution in [0.3, 0.4) is 0 Å². The van der Waals surface area contributed by atoms with Crippen LogP contribution in [0.1, 0.15) is 24.8 Å². The summed E-state index contributed by atoms with van der Waals surface area (Å²) in [5.74, 6) is 1.46. The Morgan fingerprint density at radius 3 is 2.42 bits per heavy atom. The molecule has 2 heteroatoms. The molecule has 19 heavy (non-hydrogen) atoms. The van der Waals surface area contributed by atoms with Gasteiger partial charge in [0.2, 0.25) is 0 Å². The summed E-state index contributed by atoms with van der Waals surface area (Å²) in [5, 5.41) is 3.44. The van der Waals surface area contributed by atoms with Gasteiger partial charge in [-0.15, -0.1) is 0 Å². The molecule has 100 valence electrons. The first-order valence-corrected chi connectivity index (χ1v) is 6.73. The highest BCUT2D eigenvalue weighted by Gasteiger charge is 2.10. The molecule has 1 unspecified atom stereocenters. The van der Waals surface area contributed by atoms with E-state index >= 15 is 0 Å². The lowest BCUT2D eigenvalue weighted by atomic mass is 9.97. The SMILES string of the molecule is COc1ccccc1C(C)CCNc1ccccc1. The first-order valence-electron chi connectivity index (χ1n) is 6.73. The lowest BCUT2D eigenvalue weighted by Crippen LogP contribution is -2.06. The van der Waals surface area contributed by atoms with Gasteiger partial charge in [0.25, 0.3) is 0 Å². The third-order valence-corrected chi connectivity index (χ3v) is 3.35. The molecule has 2 aromatic carbocycles. The minimum absolute atomic E-state index is 0.479. The molecule has 0 aliphatic heterocycles. The van der Waals surface area contributed by atoms with E-state index in [1.807, 2.05) is 30.3 Å². The van der Waals surface area contributed by atoms with Gasteiger partial charge in [-0.2, -0.15) is 0 Å². The maximum atomic E-state index is 5.41. The molecular weight excluding hydrogens is 234 g/mol. The number of hydrogen-bond acceptors (Lipinski definition) is 2. The van der Waals surface area contributed by atoms with Gasteiger partial charge in [0.1, 0.15) is 5.75 Å². The van der Waals surface area contributed by atoms with Gasteiger partial charge < -0.3 is 10.1 Å². The highest BCUT2D eigenvalue weighted by atomic mass is 16.5. The smallest absolute Gasteiger partial charge is 0.122 e. The molecule has 0 aliphatic rings. The second-order valence-corrected chi connectivity index (χ2v) is 4.72. The number of anilines is 1. The molecule has 0 saturated carbocycles. The zero-order valence-corrected chi connectivity index (χ0v) is 11.6. The van der Waals surface area contributed by atoms with E-state index in [1.165, 1.54) is 11.3 Å². The van der Waals surface area contributed by atoms with Crippen LogP contribution in [-0.4, -0.2) is 13.7 Å². The van der Waals surface area contributed by atoms with Gasteiger partial charge >= 0.3 is 0 Å². The lowest BCUT2D eigenvalue weighted by Gasteiger charge is -2.16. The zero-order valence-electron chi connectivity index (χ0n) is 11.6. The Bertz CT molecular complexity index is 496. The predicted octanol–water partition coefficient (Wildman–Crippen LogP) is 4.30. The summed E-state index contributed by atoms with van der Waals surface area (Å²) in [4.78, 5) is 0. The molecule has 2 rings (SSSR count). The number of methoxy groups -OCH3 is 1. The standard InChI is InChI=1S/C17H21NO/c1-14(16-10-6-7-11-17(16)19-2)12-13-18-15-8-4-3-5-9-15/h3-11,14,18H,12-13H2,1-2H3. The maximum absolute atomic E-state index is 5.41. The van der Waals surface area contributed by atoms with Crippen LogP contribution in [0.5, 0.6) is 5.75 Å². The fourth-order valence-electron chi connectivity index (χ4n) is 2.22. The number of benzene rings is 2. The second-order valence-electron chi connectivity index (χ2n) is 4.72. The van der Waals surface area contributed by atoms with Crippen LogP contribution < -0.4 is 10.1 Å². The Morgan fingerprint density at radius 1 is 1.00 bits per heavy atom. The molecule has 2 nitrogen and oxygen atoms in total. The van der Waals surface area contributed by atoms with E-state index < -0.39 is 0 Å². The number of nitrogens with one attached hydrogen (secondary N) is 1. The molecule has 0 amide bonds. The molecule has 1 N–H and O–H groups in total. The Morgan fingerprint density at radius 2 is 1.68 bits per heavy atom. The highest BCUT2D eigenvalue weighted by molar-refractivity contribution is 5.42. The third kappa shape index (κ3) is 3.75. The fourth-order valence-corrected chi connectivity index (χ4v) is 2.22. The van der Waals surface area contributed by atoms with Crippen LogP contribution in [0.15, 0.2) is 54.6 Å². The van der Waals surface area contributed by atoms with Crippen LogP contribution in [0.4, 0.5) is 5.69 Å². The number of para-hydroxylation sites is 2. The summed E-state index contributed by atoms with van der Waals surface area (Å²) >= 11 is 0. The molecular formula is C17H21NO. The molecule has 0 bridgehead atoms. The lowest BCUT2D eigenvalue weighted by molar-refractivity contribution is 0.405. The van der Waals surface area contributed by atoms with E-state index in [2.05, 4.69) is 36.5 Å². The average molecular weight is 255 g/mol. The third-order valence-electron chi connectivity index (χ3n) is 3.35. The maximum Gasteiger partial charge on any atom is 0.122 e. The summed E-state index contributed by atoms with van der Waals surface area (Å²) in [6.07, 6.45) is 1.08. The minimum atomic E-state index is 0.479. The van der Waals surface area contributed by atoms with Gasteiger partial charge in [-0.1, -0.05) is 43.3 Å². The summed E-state index contributed by atoms with van der Waals surface area (Å²) in [7, 11) is 1.73. The van der Waals surface area contributed by atoms with Crippen molar-refractivity contribution in [3.63, 3.8) is 0 Å². The van der Waals surface area contributed by atoms with Crippen molar-refractivity contribution in [3.8, 4) is 5.75 Å². The Balaban J connectivity index is 1.89. The van der Waals surface area contributed by atoms with E-state index in [0.29, 0.717) is 5.92 Å². The molecule has 0 saturated heterocycles. The quantitative estimate of drug-likeness (QED) is 0.831. The number of ether oxygens (including phenoxy) is 1. The van der Waals surface area contributed by atoms with Gasteiger partial charge in [-0.3, -0.25) is 0 Å². The summed E-state index contributed by atoms with van der Waals surface area (Å²) < 4.78 is 5.41. The Labute approximate surface area is 115 Å². The number of rotatable bonds is 6. The minimum Gasteiger partial charge on any atom is -0.496 e. The van der Waals surface area contributed by atoms with Crippen LogP contribution in [0, 0.1) is 0 Å². The molecule has 0 aliphatic carbocycles. The van der Waals surface area contributed by atoms with E-state index in [9.17, 15) is 0 Å². The van der Waals surface area contributed by atoms with E-state index in [-0.39, 0.29) is 0 Å². The number of hydrogen-bond donors (Lipinski definition) is 1. The molecule has 1 atom stereocenters.